The van der Waals surface area contributed by atoms with Crippen LogP contribution in [0.15, 0.2) is 48.9 Å². The molecule has 0 radical (unpaired) electrons. The molecule has 78 valence electrons. The van der Waals surface area contributed by atoms with Crippen molar-refractivity contribution >= 4 is 22.5 Å². The Morgan fingerprint density at radius 2 is 1.88 bits per heavy atom. The zero-order valence-electron chi connectivity index (χ0n) is 8.44. The number of benzene rings is 1. The number of halogens is 1. The average molecular weight is 229 g/mol. The molecule has 0 atom stereocenters. The van der Waals surface area contributed by atoms with E-state index in [2.05, 4.69) is 9.97 Å². The summed E-state index contributed by atoms with van der Waals surface area (Å²) in [6.07, 6.45) is 5.65. The number of pyridine rings is 1. The maximum absolute atomic E-state index is 5.87. The van der Waals surface area contributed by atoms with Crippen LogP contribution in [0.3, 0.4) is 0 Å². The summed E-state index contributed by atoms with van der Waals surface area (Å²) in [4.78, 5) is 7.37. The molecule has 16 heavy (non-hydrogen) atoms. The lowest BCUT2D eigenvalue weighted by atomic mass is 10.1. The number of H-pyrrole nitrogens is 1. The molecule has 0 unspecified atom stereocenters. The highest BCUT2D eigenvalue weighted by Gasteiger charge is 2.05. The van der Waals surface area contributed by atoms with E-state index in [1.807, 2.05) is 42.7 Å². The van der Waals surface area contributed by atoms with Gasteiger partial charge < -0.3 is 4.98 Å². The summed E-state index contributed by atoms with van der Waals surface area (Å²) in [5.74, 6) is 0. The molecule has 0 aliphatic heterocycles. The second-order valence-corrected chi connectivity index (χ2v) is 4.07. The van der Waals surface area contributed by atoms with Gasteiger partial charge in [0, 0.05) is 40.1 Å². The normalized spacial score (nSPS) is 10.8. The SMILES string of the molecule is Clc1ccc(-c2c[nH]c3ccncc23)cc1. The first kappa shape index (κ1) is 9.43. The maximum Gasteiger partial charge on any atom is 0.0491 e. The van der Waals surface area contributed by atoms with Gasteiger partial charge in [-0.3, -0.25) is 4.98 Å². The van der Waals surface area contributed by atoms with Crippen LogP contribution in [0.2, 0.25) is 5.02 Å². The summed E-state index contributed by atoms with van der Waals surface area (Å²) in [5, 5.41) is 1.88. The van der Waals surface area contributed by atoms with E-state index in [1.165, 1.54) is 0 Å². The fourth-order valence-electron chi connectivity index (χ4n) is 1.83. The van der Waals surface area contributed by atoms with E-state index in [9.17, 15) is 0 Å². The van der Waals surface area contributed by atoms with Crippen LogP contribution in [0.4, 0.5) is 0 Å². The van der Waals surface area contributed by atoms with E-state index in [4.69, 9.17) is 11.6 Å². The lowest BCUT2D eigenvalue weighted by molar-refractivity contribution is 1.36. The molecule has 3 heteroatoms. The van der Waals surface area contributed by atoms with Crippen molar-refractivity contribution in [3.63, 3.8) is 0 Å². The van der Waals surface area contributed by atoms with Gasteiger partial charge in [0.05, 0.1) is 0 Å². The highest BCUT2D eigenvalue weighted by molar-refractivity contribution is 6.30. The number of aromatic amines is 1. The molecule has 0 amide bonds. The Labute approximate surface area is 97.9 Å². The van der Waals surface area contributed by atoms with Crippen LogP contribution in [-0.4, -0.2) is 9.97 Å². The molecular weight excluding hydrogens is 220 g/mol. The van der Waals surface area contributed by atoms with Gasteiger partial charge in [0.2, 0.25) is 0 Å². The van der Waals surface area contributed by atoms with Crippen LogP contribution in [-0.2, 0) is 0 Å². The summed E-state index contributed by atoms with van der Waals surface area (Å²) >= 11 is 5.87. The number of nitrogens with zero attached hydrogens (tertiary/aromatic N) is 1. The Balaban J connectivity index is 2.22. The smallest absolute Gasteiger partial charge is 0.0491 e. The van der Waals surface area contributed by atoms with Gasteiger partial charge in [-0.2, -0.15) is 0 Å². The zero-order chi connectivity index (χ0) is 11.0. The molecule has 0 fully saturated rings. The minimum Gasteiger partial charge on any atom is -0.360 e. The molecule has 0 bridgehead atoms. The summed E-state index contributed by atoms with van der Waals surface area (Å²) in [5.41, 5.74) is 3.39. The highest BCUT2D eigenvalue weighted by Crippen LogP contribution is 2.28. The summed E-state index contributed by atoms with van der Waals surface area (Å²) in [6, 6.07) is 9.78. The van der Waals surface area contributed by atoms with Gasteiger partial charge in [0.1, 0.15) is 0 Å². The quantitative estimate of drug-likeness (QED) is 0.673. The van der Waals surface area contributed by atoms with Gasteiger partial charge in [-0.15, -0.1) is 0 Å². The second kappa shape index (κ2) is 3.65. The maximum atomic E-state index is 5.87. The third-order valence-electron chi connectivity index (χ3n) is 2.64. The highest BCUT2D eigenvalue weighted by atomic mass is 35.5. The van der Waals surface area contributed by atoms with Crippen molar-refractivity contribution in [1.82, 2.24) is 9.97 Å². The molecule has 3 aromatic rings. The van der Waals surface area contributed by atoms with Crippen LogP contribution < -0.4 is 0 Å². The van der Waals surface area contributed by atoms with Crippen molar-refractivity contribution in [3.8, 4) is 11.1 Å². The van der Waals surface area contributed by atoms with Gasteiger partial charge in [0.25, 0.3) is 0 Å². The molecule has 2 nitrogen and oxygen atoms in total. The summed E-state index contributed by atoms with van der Waals surface area (Å²) in [6.45, 7) is 0. The third-order valence-corrected chi connectivity index (χ3v) is 2.89. The van der Waals surface area contributed by atoms with Gasteiger partial charge in [0.15, 0.2) is 0 Å². The van der Waals surface area contributed by atoms with Crippen molar-refractivity contribution in [2.75, 3.05) is 0 Å². The van der Waals surface area contributed by atoms with Gasteiger partial charge in [-0.25, -0.2) is 0 Å². The number of hydrogen-bond acceptors (Lipinski definition) is 1. The van der Waals surface area contributed by atoms with Gasteiger partial charge in [-0.05, 0) is 23.8 Å². The first-order chi connectivity index (χ1) is 7.84. The van der Waals surface area contributed by atoms with Crippen LogP contribution >= 0.6 is 11.6 Å². The minimum atomic E-state index is 0.752. The monoisotopic (exact) mass is 228 g/mol. The fourth-order valence-corrected chi connectivity index (χ4v) is 1.96. The Bertz CT molecular complexity index is 626. The van der Waals surface area contributed by atoms with Crippen molar-refractivity contribution in [2.45, 2.75) is 0 Å². The van der Waals surface area contributed by atoms with Crippen molar-refractivity contribution in [2.24, 2.45) is 0 Å². The van der Waals surface area contributed by atoms with Crippen molar-refractivity contribution in [1.29, 1.82) is 0 Å². The molecule has 0 spiro atoms. The summed E-state index contributed by atoms with van der Waals surface area (Å²) < 4.78 is 0. The lowest BCUT2D eigenvalue weighted by Gasteiger charge is -1.99. The zero-order valence-corrected chi connectivity index (χ0v) is 9.20. The van der Waals surface area contributed by atoms with E-state index in [0.29, 0.717) is 0 Å². The number of aromatic nitrogens is 2. The first-order valence-electron chi connectivity index (χ1n) is 5.01. The van der Waals surface area contributed by atoms with E-state index >= 15 is 0 Å². The Hall–Kier alpha value is -1.80. The largest absolute Gasteiger partial charge is 0.360 e. The minimum absolute atomic E-state index is 0.752. The Morgan fingerprint density at radius 1 is 1.06 bits per heavy atom. The van der Waals surface area contributed by atoms with Gasteiger partial charge >= 0.3 is 0 Å². The van der Waals surface area contributed by atoms with Crippen molar-refractivity contribution in [3.05, 3.63) is 53.9 Å². The second-order valence-electron chi connectivity index (χ2n) is 3.63. The topological polar surface area (TPSA) is 28.7 Å². The first-order valence-corrected chi connectivity index (χ1v) is 5.39. The van der Waals surface area contributed by atoms with Crippen LogP contribution in [0.1, 0.15) is 0 Å². The predicted octanol–water partition coefficient (Wildman–Crippen LogP) is 3.88. The molecule has 0 saturated heterocycles. The molecule has 1 N–H and O–H groups in total. The molecule has 0 aliphatic carbocycles. The lowest BCUT2D eigenvalue weighted by Crippen LogP contribution is -1.75. The van der Waals surface area contributed by atoms with Gasteiger partial charge in [-0.1, -0.05) is 23.7 Å². The molecular formula is C13H9ClN2. The van der Waals surface area contributed by atoms with Crippen LogP contribution in [0.5, 0.6) is 0 Å². The number of hydrogen-bond donors (Lipinski definition) is 1. The molecule has 2 heterocycles. The fraction of sp³-hybridized carbons (Fsp3) is 0. The van der Waals surface area contributed by atoms with Crippen LogP contribution in [0, 0.1) is 0 Å². The molecule has 0 aliphatic rings. The number of rotatable bonds is 1. The predicted molar refractivity (Wildman–Crippen MR) is 66.5 cm³/mol. The van der Waals surface area contributed by atoms with E-state index in [0.717, 1.165) is 27.1 Å². The summed E-state index contributed by atoms with van der Waals surface area (Å²) in [7, 11) is 0. The van der Waals surface area contributed by atoms with Crippen molar-refractivity contribution < 1.29 is 0 Å². The number of nitrogens with one attached hydrogen (secondary N) is 1. The Kier molecular flexibility index (Phi) is 2.15. The van der Waals surface area contributed by atoms with E-state index < -0.39 is 0 Å². The molecule has 0 saturated carbocycles. The van der Waals surface area contributed by atoms with E-state index in [-0.39, 0.29) is 0 Å². The molecule has 1 aromatic carbocycles. The third kappa shape index (κ3) is 1.48. The average Bonchev–Trinajstić information content (AvgIpc) is 2.74. The van der Waals surface area contributed by atoms with E-state index in [1.54, 1.807) is 6.20 Å². The Morgan fingerprint density at radius 3 is 2.69 bits per heavy atom. The molecule has 2 aromatic heterocycles. The van der Waals surface area contributed by atoms with Crippen LogP contribution in [0.25, 0.3) is 22.0 Å². The standard InChI is InChI=1S/C13H9ClN2/c14-10-3-1-9(2-4-10)11-8-16-13-5-6-15-7-12(11)13/h1-8,16H. The molecule has 3 rings (SSSR count). The number of fused-ring (bicyclic) bond motifs is 1.